The molecular weight excluding hydrogens is 336 g/mol. The molecular formula is C20H23ClN2O2. The van der Waals surface area contributed by atoms with Gasteiger partial charge in [-0.05, 0) is 17.7 Å². The third-order valence-electron chi connectivity index (χ3n) is 5.34. The number of aliphatic hydroxyl groups is 1. The van der Waals surface area contributed by atoms with E-state index in [2.05, 4.69) is 11.8 Å². The Bertz CT molecular complexity index is 739. The van der Waals surface area contributed by atoms with Crippen LogP contribution in [0.15, 0.2) is 48.5 Å². The van der Waals surface area contributed by atoms with Gasteiger partial charge in [0.25, 0.3) is 5.91 Å². The van der Waals surface area contributed by atoms with Crippen molar-refractivity contribution in [3.63, 3.8) is 0 Å². The minimum absolute atomic E-state index is 0. The first-order valence-corrected chi connectivity index (χ1v) is 8.59. The summed E-state index contributed by atoms with van der Waals surface area (Å²) in [5.41, 5.74) is 1.75. The molecule has 1 fully saturated rings. The van der Waals surface area contributed by atoms with Gasteiger partial charge >= 0.3 is 0 Å². The van der Waals surface area contributed by atoms with Crippen molar-refractivity contribution in [2.75, 3.05) is 32.7 Å². The van der Waals surface area contributed by atoms with Gasteiger partial charge in [0.15, 0.2) is 5.60 Å². The summed E-state index contributed by atoms with van der Waals surface area (Å²) in [6.07, 6.45) is 0. The molecule has 0 radical (unpaired) electrons. The second-order valence-electron chi connectivity index (χ2n) is 6.53. The zero-order valence-electron chi connectivity index (χ0n) is 14.3. The van der Waals surface area contributed by atoms with Crippen molar-refractivity contribution in [3.8, 4) is 11.1 Å². The van der Waals surface area contributed by atoms with E-state index in [0.717, 1.165) is 30.8 Å². The highest BCUT2D eigenvalue weighted by Crippen LogP contribution is 2.48. The summed E-state index contributed by atoms with van der Waals surface area (Å²) in [5, 5.41) is 11.5. The zero-order chi connectivity index (χ0) is 16.7. The monoisotopic (exact) mass is 358 g/mol. The number of carbonyl (C=O) groups is 1. The molecule has 0 atom stereocenters. The minimum Gasteiger partial charge on any atom is -0.372 e. The van der Waals surface area contributed by atoms with Gasteiger partial charge in [-0.2, -0.15) is 0 Å². The van der Waals surface area contributed by atoms with Crippen molar-refractivity contribution in [1.82, 2.24) is 9.80 Å². The van der Waals surface area contributed by atoms with Crippen LogP contribution in [0.5, 0.6) is 0 Å². The maximum absolute atomic E-state index is 13.3. The number of likely N-dealkylation sites (N-methyl/N-ethyl adjacent to an activating group) is 1. The van der Waals surface area contributed by atoms with Gasteiger partial charge in [0.05, 0.1) is 0 Å². The average molecular weight is 359 g/mol. The van der Waals surface area contributed by atoms with Gasteiger partial charge in [-0.25, -0.2) is 0 Å². The molecule has 25 heavy (non-hydrogen) atoms. The summed E-state index contributed by atoms with van der Waals surface area (Å²) in [7, 11) is 0. The van der Waals surface area contributed by atoms with Crippen LogP contribution in [0.1, 0.15) is 18.1 Å². The smallest absolute Gasteiger partial charge is 0.264 e. The summed E-state index contributed by atoms with van der Waals surface area (Å²) in [6.45, 7) is 6.19. The molecule has 2 aliphatic rings. The standard InChI is InChI=1S/C20H22N2O2.ClH/c1-2-21-11-13-22(14-12-21)19(23)20(24)17-9-5-3-7-15(17)16-8-4-6-10-18(16)20;/h3-10,24H,2,11-14H2,1H3;1H. The van der Waals surface area contributed by atoms with Crippen LogP contribution >= 0.6 is 12.4 Å². The van der Waals surface area contributed by atoms with E-state index in [1.807, 2.05) is 53.4 Å². The van der Waals surface area contributed by atoms with Crippen molar-refractivity contribution in [1.29, 1.82) is 0 Å². The van der Waals surface area contributed by atoms with Crippen LogP contribution in [0, 0.1) is 0 Å². The lowest BCUT2D eigenvalue weighted by atomic mass is 9.89. The molecule has 1 aliphatic heterocycles. The second kappa shape index (κ2) is 6.79. The van der Waals surface area contributed by atoms with Crippen molar-refractivity contribution < 1.29 is 9.90 Å². The minimum atomic E-state index is -1.57. The Morgan fingerprint density at radius 3 is 1.92 bits per heavy atom. The first kappa shape index (κ1) is 17.9. The Morgan fingerprint density at radius 2 is 1.44 bits per heavy atom. The highest BCUT2D eigenvalue weighted by Gasteiger charge is 2.49. The molecule has 1 amide bonds. The molecule has 1 aliphatic carbocycles. The van der Waals surface area contributed by atoms with Gasteiger partial charge in [-0.3, -0.25) is 4.79 Å². The van der Waals surface area contributed by atoms with Crippen LogP contribution in [-0.2, 0) is 10.4 Å². The highest BCUT2D eigenvalue weighted by atomic mass is 35.5. The number of rotatable bonds is 2. The van der Waals surface area contributed by atoms with Crippen LogP contribution in [0.25, 0.3) is 11.1 Å². The quantitative estimate of drug-likeness (QED) is 0.897. The topological polar surface area (TPSA) is 43.8 Å². The Labute approximate surface area is 154 Å². The van der Waals surface area contributed by atoms with Crippen LogP contribution < -0.4 is 0 Å². The Balaban J connectivity index is 0.00000182. The molecule has 0 spiro atoms. The number of halogens is 1. The number of fused-ring (bicyclic) bond motifs is 3. The SMILES string of the molecule is CCN1CCN(C(=O)C2(O)c3ccccc3-c3ccccc32)CC1.Cl. The number of carbonyl (C=O) groups excluding carboxylic acids is 1. The molecule has 4 nitrogen and oxygen atoms in total. The summed E-state index contributed by atoms with van der Waals surface area (Å²) in [4.78, 5) is 17.4. The van der Waals surface area contributed by atoms with Crippen LogP contribution in [-0.4, -0.2) is 53.5 Å². The summed E-state index contributed by atoms with van der Waals surface area (Å²) in [6, 6.07) is 15.4. The fourth-order valence-corrected chi connectivity index (χ4v) is 3.94. The number of hydrogen-bond acceptors (Lipinski definition) is 3. The van der Waals surface area contributed by atoms with Gasteiger partial charge in [-0.1, -0.05) is 55.5 Å². The second-order valence-corrected chi connectivity index (χ2v) is 6.53. The molecule has 0 unspecified atom stereocenters. The van der Waals surface area contributed by atoms with Crippen molar-refractivity contribution >= 4 is 18.3 Å². The van der Waals surface area contributed by atoms with E-state index in [9.17, 15) is 9.90 Å². The lowest BCUT2D eigenvalue weighted by Gasteiger charge is -2.38. The molecule has 0 aromatic heterocycles. The fraction of sp³-hybridized carbons (Fsp3) is 0.350. The lowest BCUT2D eigenvalue weighted by molar-refractivity contribution is -0.149. The first-order valence-electron chi connectivity index (χ1n) is 8.59. The van der Waals surface area contributed by atoms with Gasteiger partial charge in [0.2, 0.25) is 0 Å². The molecule has 132 valence electrons. The summed E-state index contributed by atoms with van der Waals surface area (Å²) in [5.74, 6) is -0.198. The normalized spacial score (nSPS) is 18.2. The molecule has 0 saturated carbocycles. The Hall–Kier alpha value is -1.88. The van der Waals surface area contributed by atoms with E-state index in [4.69, 9.17) is 0 Å². The number of piperazine rings is 1. The maximum atomic E-state index is 13.3. The van der Waals surface area contributed by atoms with Crippen molar-refractivity contribution in [2.24, 2.45) is 0 Å². The van der Waals surface area contributed by atoms with Crippen LogP contribution in [0.2, 0.25) is 0 Å². The molecule has 4 rings (SSSR count). The van der Waals surface area contributed by atoms with Gasteiger partial charge in [-0.15, -0.1) is 12.4 Å². The molecule has 2 aromatic rings. The van der Waals surface area contributed by atoms with E-state index in [-0.39, 0.29) is 18.3 Å². The van der Waals surface area contributed by atoms with Gasteiger partial charge < -0.3 is 14.9 Å². The van der Waals surface area contributed by atoms with E-state index < -0.39 is 5.60 Å². The molecule has 1 heterocycles. The number of nitrogens with zero attached hydrogens (tertiary/aromatic N) is 2. The highest BCUT2D eigenvalue weighted by molar-refractivity contribution is 5.98. The molecule has 1 saturated heterocycles. The molecule has 2 aromatic carbocycles. The van der Waals surface area contributed by atoms with E-state index in [1.165, 1.54) is 0 Å². The van der Waals surface area contributed by atoms with E-state index in [1.54, 1.807) is 0 Å². The number of amides is 1. The first-order chi connectivity index (χ1) is 11.7. The van der Waals surface area contributed by atoms with Gasteiger partial charge in [0, 0.05) is 37.3 Å². The number of benzene rings is 2. The summed E-state index contributed by atoms with van der Waals surface area (Å²) < 4.78 is 0. The lowest BCUT2D eigenvalue weighted by Crippen LogP contribution is -2.54. The van der Waals surface area contributed by atoms with Crippen LogP contribution in [0.4, 0.5) is 0 Å². The fourth-order valence-electron chi connectivity index (χ4n) is 3.94. The van der Waals surface area contributed by atoms with E-state index >= 15 is 0 Å². The van der Waals surface area contributed by atoms with Crippen molar-refractivity contribution in [2.45, 2.75) is 12.5 Å². The average Bonchev–Trinajstić information content (AvgIpc) is 2.92. The third kappa shape index (κ3) is 2.65. The third-order valence-corrected chi connectivity index (χ3v) is 5.34. The molecule has 1 N–H and O–H groups in total. The van der Waals surface area contributed by atoms with E-state index in [0.29, 0.717) is 24.2 Å². The molecule has 5 heteroatoms. The maximum Gasteiger partial charge on any atom is 0.264 e. The Kier molecular flexibility index (Phi) is 4.87. The predicted molar refractivity (Wildman–Crippen MR) is 101 cm³/mol. The van der Waals surface area contributed by atoms with Crippen molar-refractivity contribution in [3.05, 3.63) is 59.7 Å². The predicted octanol–water partition coefficient (Wildman–Crippen LogP) is 2.49. The Morgan fingerprint density at radius 1 is 0.960 bits per heavy atom. The van der Waals surface area contributed by atoms with Crippen LogP contribution in [0.3, 0.4) is 0 Å². The molecule has 0 bridgehead atoms. The number of hydrogen-bond donors (Lipinski definition) is 1. The largest absolute Gasteiger partial charge is 0.372 e. The van der Waals surface area contributed by atoms with Gasteiger partial charge in [0.1, 0.15) is 0 Å². The summed E-state index contributed by atoms with van der Waals surface area (Å²) >= 11 is 0. The zero-order valence-corrected chi connectivity index (χ0v) is 15.1.